The fourth-order valence-electron chi connectivity index (χ4n) is 2.61. The molecule has 1 saturated heterocycles. The predicted octanol–water partition coefficient (Wildman–Crippen LogP) is 1.16. The summed E-state index contributed by atoms with van der Waals surface area (Å²) in [6, 6.07) is 4.97. The van der Waals surface area contributed by atoms with Gasteiger partial charge in [-0.3, -0.25) is 9.59 Å². The van der Waals surface area contributed by atoms with E-state index in [9.17, 15) is 9.59 Å². The molecule has 0 saturated carbocycles. The molecule has 0 radical (unpaired) electrons. The number of rotatable bonds is 3. The highest BCUT2D eigenvalue weighted by molar-refractivity contribution is 6.00. The number of hydrogen-bond donors (Lipinski definition) is 1. The molecule has 1 aliphatic rings. The van der Waals surface area contributed by atoms with Crippen LogP contribution in [-0.4, -0.2) is 44.1 Å². The van der Waals surface area contributed by atoms with Crippen molar-refractivity contribution in [3.05, 3.63) is 23.8 Å². The SMILES string of the molecule is COC(=O)C1CN(C(=O)c2cc(OC)ccc2N)CC1C. The number of methoxy groups -OCH3 is 2. The highest BCUT2D eigenvalue weighted by Crippen LogP contribution is 2.28. The monoisotopic (exact) mass is 292 g/mol. The molecule has 21 heavy (non-hydrogen) atoms. The van der Waals surface area contributed by atoms with E-state index in [0.717, 1.165) is 0 Å². The Morgan fingerprint density at radius 2 is 2.00 bits per heavy atom. The molecule has 0 bridgehead atoms. The van der Waals surface area contributed by atoms with Crippen LogP contribution < -0.4 is 10.5 Å². The van der Waals surface area contributed by atoms with Crippen LogP contribution >= 0.6 is 0 Å². The molecule has 1 fully saturated rings. The first-order valence-corrected chi connectivity index (χ1v) is 6.78. The summed E-state index contributed by atoms with van der Waals surface area (Å²) in [6.45, 7) is 2.79. The molecule has 2 N–H and O–H groups in total. The van der Waals surface area contributed by atoms with Gasteiger partial charge in [-0.05, 0) is 24.1 Å². The van der Waals surface area contributed by atoms with Gasteiger partial charge in [-0.2, -0.15) is 0 Å². The van der Waals surface area contributed by atoms with E-state index >= 15 is 0 Å². The molecule has 0 aromatic heterocycles. The number of amides is 1. The average Bonchev–Trinajstić information content (AvgIpc) is 2.88. The summed E-state index contributed by atoms with van der Waals surface area (Å²) in [5.41, 5.74) is 6.67. The second-order valence-electron chi connectivity index (χ2n) is 5.27. The Morgan fingerprint density at radius 1 is 1.29 bits per heavy atom. The van der Waals surface area contributed by atoms with Crippen LogP contribution in [0.4, 0.5) is 5.69 Å². The van der Waals surface area contributed by atoms with Gasteiger partial charge in [0.2, 0.25) is 0 Å². The molecule has 1 aromatic carbocycles. The van der Waals surface area contributed by atoms with Crippen LogP contribution in [-0.2, 0) is 9.53 Å². The Bertz CT molecular complexity index is 559. The lowest BCUT2D eigenvalue weighted by atomic mass is 9.99. The van der Waals surface area contributed by atoms with Gasteiger partial charge in [-0.25, -0.2) is 0 Å². The second-order valence-corrected chi connectivity index (χ2v) is 5.27. The molecule has 0 spiro atoms. The zero-order chi connectivity index (χ0) is 15.6. The minimum Gasteiger partial charge on any atom is -0.497 e. The second kappa shape index (κ2) is 6.03. The van der Waals surface area contributed by atoms with Crippen LogP contribution in [0.2, 0.25) is 0 Å². The molecule has 2 unspecified atom stereocenters. The van der Waals surface area contributed by atoms with Crippen molar-refractivity contribution in [2.24, 2.45) is 11.8 Å². The van der Waals surface area contributed by atoms with Gasteiger partial charge < -0.3 is 20.1 Å². The number of carbonyl (C=O) groups is 2. The first kappa shape index (κ1) is 15.2. The lowest BCUT2D eigenvalue weighted by Gasteiger charge is -2.17. The molecule has 6 heteroatoms. The fourth-order valence-corrected chi connectivity index (χ4v) is 2.61. The summed E-state index contributed by atoms with van der Waals surface area (Å²) >= 11 is 0. The number of anilines is 1. The molecule has 6 nitrogen and oxygen atoms in total. The number of nitrogen functional groups attached to an aromatic ring is 1. The van der Waals surface area contributed by atoms with Crippen LogP contribution in [0.25, 0.3) is 0 Å². The normalized spacial score (nSPS) is 21.2. The third kappa shape index (κ3) is 2.94. The topological polar surface area (TPSA) is 81.9 Å². The zero-order valence-corrected chi connectivity index (χ0v) is 12.5. The number of likely N-dealkylation sites (tertiary alicyclic amines) is 1. The van der Waals surface area contributed by atoms with Crippen LogP contribution in [0, 0.1) is 11.8 Å². The molecule has 1 aromatic rings. The summed E-state index contributed by atoms with van der Waals surface area (Å²) in [5, 5.41) is 0. The zero-order valence-electron chi connectivity index (χ0n) is 12.5. The standard InChI is InChI=1S/C15H20N2O4/c1-9-7-17(8-12(9)15(19)21-3)14(18)11-6-10(20-2)4-5-13(11)16/h4-6,9,12H,7-8,16H2,1-3H3. The average molecular weight is 292 g/mol. The van der Waals surface area contributed by atoms with E-state index in [2.05, 4.69) is 0 Å². The smallest absolute Gasteiger partial charge is 0.310 e. The summed E-state index contributed by atoms with van der Waals surface area (Å²) < 4.78 is 9.90. The Morgan fingerprint density at radius 3 is 2.62 bits per heavy atom. The number of ether oxygens (including phenoxy) is 2. The molecule has 2 rings (SSSR count). The van der Waals surface area contributed by atoms with Crippen molar-refractivity contribution in [2.45, 2.75) is 6.92 Å². The maximum Gasteiger partial charge on any atom is 0.310 e. The van der Waals surface area contributed by atoms with Crippen molar-refractivity contribution in [2.75, 3.05) is 33.0 Å². The number of nitrogens with two attached hydrogens (primary N) is 1. The molecular weight excluding hydrogens is 272 g/mol. The molecule has 0 aliphatic carbocycles. The molecule has 2 atom stereocenters. The number of benzene rings is 1. The minimum atomic E-state index is -0.286. The van der Waals surface area contributed by atoms with E-state index in [-0.39, 0.29) is 23.7 Å². The van der Waals surface area contributed by atoms with Gasteiger partial charge in [0.1, 0.15) is 5.75 Å². The number of esters is 1. The van der Waals surface area contributed by atoms with Crippen molar-refractivity contribution >= 4 is 17.6 Å². The lowest BCUT2D eigenvalue weighted by Crippen LogP contribution is -2.30. The highest BCUT2D eigenvalue weighted by Gasteiger charge is 2.38. The van der Waals surface area contributed by atoms with Crippen molar-refractivity contribution in [3.8, 4) is 5.75 Å². The molecule has 114 valence electrons. The number of nitrogens with zero attached hydrogens (tertiary/aromatic N) is 1. The van der Waals surface area contributed by atoms with E-state index in [1.54, 1.807) is 23.1 Å². The molecule has 1 heterocycles. The molecular formula is C15H20N2O4. The lowest BCUT2D eigenvalue weighted by molar-refractivity contribution is -0.146. The van der Waals surface area contributed by atoms with Crippen molar-refractivity contribution in [1.29, 1.82) is 0 Å². The largest absolute Gasteiger partial charge is 0.497 e. The maximum absolute atomic E-state index is 12.6. The van der Waals surface area contributed by atoms with Gasteiger partial charge in [0.15, 0.2) is 0 Å². The van der Waals surface area contributed by atoms with Gasteiger partial charge in [0.05, 0.1) is 25.7 Å². The molecule has 1 amide bonds. The van der Waals surface area contributed by atoms with Crippen LogP contribution in [0.3, 0.4) is 0 Å². The molecule has 1 aliphatic heterocycles. The first-order chi connectivity index (χ1) is 9.97. The van der Waals surface area contributed by atoms with E-state index in [1.165, 1.54) is 14.2 Å². The summed E-state index contributed by atoms with van der Waals surface area (Å²) in [6.07, 6.45) is 0. The fraction of sp³-hybridized carbons (Fsp3) is 0.467. The van der Waals surface area contributed by atoms with E-state index < -0.39 is 0 Å². The van der Waals surface area contributed by atoms with Gasteiger partial charge in [0.25, 0.3) is 5.91 Å². The van der Waals surface area contributed by atoms with Crippen LogP contribution in [0.15, 0.2) is 18.2 Å². The van der Waals surface area contributed by atoms with E-state index in [0.29, 0.717) is 30.1 Å². The quantitative estimate of drug-likeness (QED) is 0.668. The maximum atomic E-state index is 12.6. The van der Waals surface area contributed by atoms with Crippen LogP contribution in [0.1, 0.15) is 17.3 Å². The third-order valence-electron chi connectivity index (χ3n) is 3.89. The minimum absolute atomic E-state index is 0.0632. The van der Waals surface area contributed by atoms with E-state index in [4.69, 9.17) is 15.2 Å². The van der Waals surface area contributed by atoms with Gasteiger partial charge in [0, 0.05) is 18.8 Å². The van der Waals surface area contributed by atoms with Crippen molar-refractivity contribution in [3.63, 3.8) is 0 Å². The Hall–Kier alpha value is -2.24. The number of carbonyl (C=O) groups excluding carboxylic acids is 2. The summed E-state index contributed by atoms with van der Waals surface area (Å²) in [7, 11) is 2.89. The Kier molecular flexibility index (Phi) is 4.35. The Labute approximate surface area is 123 Å². The van der Waals surface area contributed by atoms with Crippen molar-refractivity contribution < 1.29 is 19.1 Å². The van der Waals surface area contributed by atoms with Crippen LogP contribution in [0.5, 0.6) is 5.75 Å². The summed E-state index contributed by atoms with van der Waals surface area (Å²) in [5.74, 6) is -0.121. The predicted molar refractivity (Wildman–Crippen MR) is 78.0 cm³/mol. The Balaban J connectivity index is 2.20. The highest BCUT2D eigenvalue weighted by atomic mass is 16.5. The van der Waals surface area contributed by atoms with Crippen molar-refractivity contribution in [1.82, 2.24) is 4.90 Å². The van der Waals surface area contributed by atoms with Gasteiger partial charge in [-0.1, -0.05) is 6.92 Å². The van der Waals surface area contributed by atoms with Gasteiger partial charge in [-0.15, -0.1) is 0 Å². The van der Waals surface area contributed by atoms with Gasteiger partial charge >= 0.3 is 5.97 Å². The number of hydrogen-bond acceptors (Lipinski definition) is 5. The van der Waals surface area contributed by atoms with E-state index in [1.807, 2.05) is 6.92 Å². The first-order valence-electron chi connectivity index (χ1n) is 6.78. The third-order valence-corrected chi connectivity index (χ3v) is 3.89. The summed E-state index contributed by atoms with van der Waals surface area (Å²) in [4.78, 5) is 25.9.